The number of ether oxygens (including phenoxy) is 1. The van der Waals surface area contributed by atoms with Gasteiger partial charge in [-0.3, -0.25) is 0 Å². The molecule has 1 rings (SSSR count). The Bertz CT molecular complexity index is 378. The van der Waals surface area contributed by atoms with Gasteiger partial charge in [0.15, 0.2) is 0 Å². The summed E-state index contributed by atoms with van der Waals surface area (Å²) in [5, 5.41) is 0. The van der Waals surface area contributed by atoms with Crippen molar-refractivity contribution in [2.45, 2.75) is 13.1 Å². The highest BCUT2D eigenvalue weighted by Crippen LogP contribution is 2.38. The van der Waals surface area contributed by atoms with Crippen molar-refractivity contribution >= 4 is 35.4 Å². The summed E-state index contributed by atoms with van der Waals surface area (Å²) in [5.74, 6) is -0.824. The predicted molar refractivity (Wildman–Crippen MR) is 56.9 cm³/mol. The monoisotopic (exact) mass is 275 g/mol. The van der Waals surface area contributed by atoms with Crippen LogP contribution >= 0.6 is 23.7 Å². The number of carbonyl (C=O) groups excluding carboxylic acids is 1. The van der Waals surface area contributed by atoms with Crippen molar-refractivity contribution in [1.82, 2.24) is 0 Å². The number of hydrogen-bond donors (Lipinski definition) is 1. The van der Waals surface area contributed by atoms with Crippen molar-refractivity contribution in [3.8, 4) is 0 Å². The lowest BCUT2D eigenvalue weighted by atomic mass is 10.3. The first kappa shape index (κ1) is 15.0. The van der Waals surface area contributed by atoms with E-state index < -0.39 is 17.0 Å². The maximum absolute atomic E-state index is 12.2. The van der Waals surface area contributed by atoms with E-state index in [2.05, 4.69) is 4.74 Å². The zero-order valence-electron chi connectivity index (χ0n) is 8.13. The van der Waals surface area contributed by atoms with E-state index in [1.165, 1.54) is 0 Å². The summed E-state index contributed by atoms with van der Waals surface area (Å²) >= 11 is 0.290. The molecule has 0 aromatic carbocycles. The van der Waals surface area contributed by atoms with Crippen molar-refractivity contribution in [2.75, 3.05) is 12.3 Å². The highest BCUT2D eigenvalue weighted by molar-refractivity contribution is 7.14. The summed E-state index contributed by atoms with van der Waals surface area (Å²) < 4.78 is 41.3. The number of halogens is 4. The van der Waals surface area contributed by atoms with Gasteiger partial charge in [-0.05, 0) is 13.0 Å². The van der Waals surface area contributed by atoms with Crippen LogP contribution in [0.15, 0.2) is 6.07 Å². The molecule has 0 spiro atoms. The molecule has 1 aromatic rings. The van der Waals surface area contributed by atoms with Crippen molar-refractivity contribution in [2.24, 2.45) is 0 Å². The summed E-state index contributed by atoms with van der Waals surface area (Å²) in [7, 11) is 0. The molecule has 1 aromatic heterocycles. The Morgan fingerprint density at radius 1 is 1.56 bits per heavy atom. The molecule has 0 atom stereocenters. The van der Waals surface area contributed by atoms with Crippen LogP contribution in [0, 0.1) is 0 Å². The predicted octanol–water partition coefficient (Wildman–Crippen LogP) is 2.95. The molecule has 2 N–H and O–H groups in total. The van der Waals surface area contributed by atoms with E-state index in [-0.39, 0.29) is 40.9 Å². The SMILES string of the molecule is CCOC(=O)c1sc(C(F)(F)F)cc1N.Cl. The molecular weight excluding hydrogens is 267 g/mol. The van der Waals surface area contributed by atoms with Crippen molar-refractivity contribution < 1.29 is 22.7 Å². The van der Waals surface area contributed by atoms with E-state index in [0.29, 0.717) is 0 Å². The second-order valence-corrected chi connectivity index (χ2v) is 3.67. The Labute approximate surface area is 99.8 Å². The summed E-state index contributed by atoms with van der Waals surface area (Å²) in [4.78, 5) is 10.0. The van der Waals surface area contributed by atoms with Gasteiger partial charge in [0.25, 0.3) is 0 Å². The van der Waals surface area contributed by atoms with Crippen LogP contribution in [0.1, 0.15) is 21.5 Å². The van der Waals surface area contributed by atoms with Crippen LogP contribution in [0.2, 0.25) is 0 Å². The first-order valence-corrected chi connectivity index (χ1v) is 4.81. The maximum atomic E-state index is 12.2. The van der Waals surface area contributed by atoms with Crippen LogP contribution < -0.4 is 5.73 Å². The van der Waals surface area contributed by atoms with Crippen LogP contribution in [-0.4, -0.2) is 12.6 Å². The molecule has 0 aliphatic heterocycles. The second-order valence-electron chi connectivity index (χ2n) is 2.61. The number of thiophene rings is 1. The number of rotatable bonds is 2. The molecule has 0 saturated carbocycles. The number of hydrogen-bond acceptors (Lipinski definition) is 4. The second kappa shape index (κ2) is 5.40. The van der Waals surface area contributed by atoms with Gasteiger partial charge in [-0.1, -0.05) is 0 Å². The third-order valence-electron chi connectivity index (χ3n) is 1.50. The minimum absolute atomic E-state index is 0. The molecule has 0 unspecified atom stereocenters. The average Bonchev–Trinajstić information content (AvgIpc) is 2.47. The normalized spacial score (nSPS) is 10.8. The molecule has 0 amide bonds. The Balaban J connectivity index is 0.00000225. The molecule has 0 fully saturated rings. The first-order chi connectivity index (χ1) is 6.86. The van der Waals surface area contributed by atoms with Gasteiger partial charge in [0.2, 0.25) is 0 Å². The molecule has 0 aliphatic carbocycles. The Morgan fingerprint density at radius 3 is 2.50 bits per heavy atom. The van der Waals surface area contributed by atoms with E-state index >= 15 is 0 Å². The Kier molecular flexibility index (Phi) is 5.08. The Morgan fingerprint density at radius 2 is 2.12 bits per heavy atom. The number of anilines is 1. The summed E-state index contributed by atoms with van der Waals surface area (Å²) in [6, 6.07) is 0.733. The number of nitrogens with two attached hydrogens (primary N) is 1. The molecule has 0 aliphatic rings. The smallest absolute Gasteiger partial charge is 0.425 e. The fraction of sp³-hybridized carbons (Fsp3) is 0.375. The van der Waals surface area contributed by atoms with E-state index in [9.17, 15) is 18.0 Å². The van der Waals surface area contributed by atoms with Crippen LogP contribution in [-0.2, 0) is 10.9 Å². The lowest BCUT2D eigenvalue weighted by Gasteiger charge is -2.00. The zero-order chi connectivity index (χ0) is 11.6. The molecule has 1 heterocycles. The standard InChI is InChI=1S/C8H8F3NO2S.ClH/c1-2-14-7(13)6-4(12)3-5(15-6)8(9,10)11;/h3H,2,12H2,1H3;1H. The maximum Gasteiger partial charge on any atom is 0.425 e. The lowest BCUT2D eigenvalue weighted by molar-refractivity contribution is -0.134. The number of esters is 1. The Hall–Kier alpha value is -0.950. The van der Waals surface area contributed by atoms with E-state index in [1.54, 1.807) is 6.92 Å². The van der Waals surface area contributed by atoms with E-state index in [0.717, 1.165) is 6.07 Å². The van der Waals surface area contributed by atoms with Gasteiger partial charge in [0.1, 0.15) is 9.75 Å². The molecular formula is C8H9ClF3NO2S. The molecule has 0 radical (unpaired) electrons. The topological polar surface area (TPSA) is 52.3 Å². The third-order valence-corrected chi connectivity index (χ3v) is 2.68. The summed E-state index contributed by atoms with van der Waals surface area (Å²) in [6.45, 7) is 1.66. The fourth-order valence-electron chi connectivity index (χ4n) is 0.901. The van der Waals surface area contributed by atoms with Crippen LogP contribution in [0.25, 0.3) is 0 Å². The van der Waals surface area contributed by atoms with Gasteiger partial charge in [0, 0.05) is 0 Å². The lowest BCUT2D eigenvalue weighted by Crippen LogP contribution is -2.04. The zero-order valence-corrected chi connectivity index (χ0v) is 9.76. The van der Waals surface area contributed by atoms with Gasteiger partial charge in [0.05, 0.1) is 12.3 Å². The molecule has 0 saturated heterocycles. The average molecular weight is 276 g/mol. The third kappa shape index (κ3) is 3.28. The highest BCUT2D eigenvalue weighted by Gasteiger charge is 2.34. The van der Waals surface area contributed by atoms with Gasteiger partial charge in [-0.2, -0.15) is 13.2 Å². The van der Waals surface area contributed by atoms with Crippen molar-refractivity contribution in [3.63, 3.8) is 0 Å². The molecule has 0 bridgehead atoms. The summed E-state index contributed by atoms with van der Waals surface area (Å²) in [5.41, 5.74) is 5.08. The van der Waals surface area contributed by atoms with Gasteiger partial charge < -0.3 is 10.5 Å². The van der Waals surface area contributed by atoms with Crippen LogP contribution in [0.3, 0.4) is 0 Å². The molecule has 8 heteroatoms. The highest BCUT2D eigenvalue weighted by atomic mass is 35.5. The van der Waals surface area contributed by atoms with Crippen molar-refractivity contribution in [3.05, 3.63) is 15.8 Å². The van der Waals surface area contributed by atoms with E-state index in [1.807, 2.05) is 0 Å². The van der Waals surface area contributed by atoms with Crippen molar-refractivity contribution in [1.29, 1.82) is 0 Å². The minimum atomic E-state index is -4.48. The fourth-order valence-corrected chi connectivity index (χ4v) is 1.74. The molecule has 16 heavy (non-hydrogen) atoms. The number of carbonyl (C=O) groups is 1. The summed E-state index contributed by atoms with van der Waals surface area (Å²) in [6.07, 6.45) is -4.48. The van der Waals surface area contributed by atoms with Gasteiger partial charge in [-0.25, -0.2) is 4.79 Å². The number of alkyl halides is 3. The first-order valence-electron chi connectivity index (χ1n) is 4.00. The van der Waals surface area contributed by atoms with Gasteiger partial charge in [-0.15, -0.1) is 23.7 Å². The van der Waals surface area contributed by atoms with Gasteiger partial charge >= 0.3 is 12.1 Å². The quantitative estimate of drug-likeness (QED) is 0.844. The minimum Gasteiger partial charge on any atom is -0.462 e. The van der Waals surface area contributed by atoms with E-state index in [4.69, 9.17) is 5.73 Å². The molecule has 92 valence electrons. The molecule has 3 nitrogen and oxygen atoms in total. The largest absolute Gasteiger partial charge is 0.462 e. The van der Waals surface area contributed by atoms with Crippen LogP contribution in [0.5, 0.6) is 0 Å². The number of nitrogen functional groups attached to an aromatic ring is 1. The van der Waals surface area contributed by atoms with Crippen LogP contribution in [0.4, 0.5) is 18.9 Å².